The highest BCUT2D eigenvalue weighted by atomic mass is 15.3. The Morgan fingerprint density at radius 2 is 2.29 bits per heavy atom. The van der Waals surface area contributed by atoms with Gasteiger partial charge in [-0.25, -0.2) is 0 Å². The minimum absolute atomic E-state index is 0.192. The number of aryl methyl sites for hydroxylation is 1. The van der Waals surface area contributed by atoms with Crippen molar-refractivity contribution in [1.29, 1.82) is 5.41 Å². The fraction of sp³-hybridized carbons (Fsp3) is 0.600. The van der Waals surface area contributed by atoms with Gasteiger partial charge in [-0.1, -0.05) is 13.8 Å². The van der Waals surface area contributed by atoms with Crippen molar-refractivity contribution >= 4 is 5.84 Å². The lowest BCUT2D eigenvalue weighted by atomic mass is 10.2. The van der Waals surface area contributed by atoms with E-state index in [0.717, 1.165) is 17.8 Å². The summed E-state index contributed by atoms with van der Waals surface area (Å²) in [6.45, 7) is 7.18. The molecule has 4 nitrogen and oxygen atoms in total. The van der Waals surface area contributed by atoms with Crippen LogP contribution in [0.3, 0.4) is 0 Å². The van der Waals surface area contributed by atoms with E-state index in [4.69, 9.17) is 11.1 Å². The van der Waals surface area contributed by atoms with Crippen LogP contribution in [0, 0.1) is 18.3 Å². The minimum Gasteiger partial charge on any atom is -0.387 e. The maximum Gasteiger partial charge on any atom is 0.0951 e. The Labute approximate surface area is 84.6 Å². The van der Waals surface area contributed by atoms with Crippen LogP contribution in [0.25, 0.3) is 0 Å². The predicted octanol–water partition coefficient (Wildman–Crippen LogP) is 1.33. The van der Waals surface area contributed by atoms with E-state index in [1.807, 2.05) is 17.8 Å². The molecule has 0 unspecified atom stereocenters. The van der Waals surface area contributed by atoms with Gasteiger partial charge in [-0.2, -0.15) is 5.10 Å². The molecular formula is C10H18N4. The van der Waals surface area contributed by atoms with Crippen LogP contribution in [-0.4, -0.2) is 15.6 Å². The van der Waals surface area contributed by atoms with Crippen LogP contribution in [0.2, 0.25) is 0 Å². The monoisotopic (exact) mass is 194 g/mol. The molecule has 14 heavy (non-hydrogen) atoms. The van der Waals surface area contributed by atoms with Crippen LogP contribution in [0.5, 0.6) is 0 Å². The van der Waals surface area contributed by atoms with Crippen LogP contribution < -0.4 is 5.73 Å². The second kappa shape index (κ2) is 4.26. The summed E-state index contributed by atoms with van der Waals surface area (Å²) in [5.74, 6) is 0.775. The molecule has 1 rings (SSSR count). The first-order valence-corrected chi connectivity index (χ1v) is 4.85. The summed E-state index contributed by atoms with van der Waals surface area (Å²) in [6, 6.07) is 0. The fourth-order valence-corrected chi connectivity index (χ4v) is 1.41. The summed E-state index contributed by atoms with van der Waals surface area (Å²) in [5.41, 5.74) is 7.38. The minimum atomic E-state index is 0.192. The molecule has 3 N–H and O–H groups in total. The number of nitrogens with one attached hydrogen (secondary N) is 1. The Morgan fingerprint density at radius 1 is 1.64 bits per heavy atom. The Morgan fingerprint density at radius 3 is 2.79 bits per heavy atom. The van der Waals surface area contributed by atoms with Gasteiger partial charge in [-0.3, -0.25) is 10.1 Å². The molecule has 0 amide bonds. The van der Waals surface area contributed by atoms with Gasteiger partial charge in [0.25, 0.3) is 0 Å². The first-order chi connectivity index (χ1) is 6.49. The quantitative estimate of drug-likeness (QED) is 0.561. The lowest BCUT2D eigenvalue weighted by Crippen LogP contribution is -2.12. The first kappa shape index (κ1) is 10.8. The van der Waals surface area contributed by atoms with Gasteiger partial charge >= 0.3 is 0 Å². The number of nitrogens with two attached hydrogens (primary N) is 1. The maximum absolute atomic E-state index is 7.22. The predicted molar refractivity (Wildman–Crippen MR) is 57.4 cm³/mol. The molecule has 0 fully saturated rings. The van der Waals surface area contributed by atoms with Crippen molar-refractivity contribution < 1.29 is 0 Å². The van der Waals surface area contributed by atoms with E-state index in [-0.39, 0.29) is 5.84 Å². The number of aromatic nitrogens is 2. The summed E-state index contributed by atoms with van der Waals surface area (Å²) < 4.78 is 1.93. The van der Waals surface area contributed by atoms with Gasteiger partial charge in [0.15, 0.2) is 0 Å². The molecule has 0 atom stereocenters. The molecule has 1 aromatic rings. The van der Waals surface area contributed by atoms with E-state index in [1.54, 1.807) is 0 Å². The Hall–Kier alpha value is -1.32. The first-order valence-electron chi connectivity index (χ1n) is 4.85. The van der Waals surface area contributed by atoms with Gasteiger partial charge in [0.1, 0.15) is 0 Å². The number of amidine groups is 1. The second-order valence-electron chi connectivity index (χ2n) is 4.06. The number of nitrogens with zero attached hydrogens (tertiary/aromatic N) is 2. The third-order valence-corrected chi connectivity index (χ3v) is 1.98. The van der Waals surface area contributed by atoms with Crippen molar-refractivity contribution in [3.05, 3.63) is 17.5 Å². The van der Waals surface area contributed by atoms with Crippen LogP contribution >= 0.6 is 0 Å². The zero-order valence-electron chi connectivity index (χ0n) is 9.04. The lowest BCUT2D eigenvalue weighted by Gasteiger charge is -2.03. The van der Waals surface area contributed by atoms with Gasteiger partial charge in [0.2, 0.25) is 0 Å². The molecule has 0 radical (unpaired) electrons. The van der Waals surface area contributed by atoms with Crippen LogP contribution in [0.4, 0.5) is 0 Å². The highest BCUT2D eigenvalue weighted by Crippen LogP contribution is 2.08. The third-order valence-electron chi connectivity index (χ3n) is 1.98. The molecule has 4 heteroatoms. The normalized spacial score (nSPS) is 10.9. The molecule has 0 saturated carbocycles. The van der Waals surface area contributed by atoms with Crippen molar-refractivity contribution in [3.63, 3.8) is 0 Å². The third kappa shape index (κ3) is 2.87. The van der Waals surface area contributed by atoms with Crippen molar-refractivity contribution in [3.8, 4) is 0 Å². The molecule has 78 valence electrons. The highest BCUT2D eigenvalue weighted by Gasteiger charge is 2.06. The van der Waals surface area contributed by atoms with E-state index in [9.17, 15) is 0 Å². The average molecular weight is 194 g/mol. The number of hydrogen-bond donors (Lipinski definition) is 2. The van der Waals surface area contributed by atoms with Gasteiger partial charge in [0.05, 0.1) is 11.5 Å². The van der Waals surface area contributed by atoms with Gasteiger partial charge < -0.3 is 5.73 Å². The standard InChI is InChI=1S/C10H18N4/c1-7(2)5-14-6-9(4-10(11)12)8(3)13-14/h6-7H,4-5H2,1-3H3,(H3,11,12). The fourth-order valence-electron chi connectivity index (χ4n) is 1.41. The zero-order chi connectivity index (χ0) is 10.7. The van der Waals surface area contributed by atoms with E-state index in [2.05, 4.69) is 18.9 Å². The Kier molecular flexibility index (Phi) is 3.28. The van der Waals surface area contributed by atoms with Crippen molar-refractivity contribution in [1.82, 2.24) is 9.78 Å². The van der Waals surface area contributed by atoms with Gasteiger partial charge in [0, 0.05) is 24.7 Å². The Balaban J connectivity index is 2.76. The van der Waals surface area contributed by atoms with Crippen molar-refractivity contribution in [2.75, 3.05) is 0 Å². The molecule has 0 aliphatic rings. The molecular weight excluding hydrogens is 176 g/mol. The molecule has 1 aromatic heterocycles. The van der Waals surface area contributed by atoms with Gasteiger partial charge in [-0.05, 0) is 12.8 Å². The van der Waals surface area contributed by atoms with E-state index < -0.39 is 0 Å². The Bertz CT molecular complexity index is 325. The summed E-state index contributed by atoms with van der Waals surface area (Å²) in [6.07, 6.45) is 2.49. The van der Waals surface area contributed by atoms with E-state index >= 15 is 0 Å². The van der Waals surface area contributed by atoms with Crippen molar-refractivity contribution in [2.24, 2.45) is 11.7 Å². The number of rotatable bonds is 4. The van der Waals surface area contributed by atoms with Crippen molar-refractivity contribution in [2.45, 2.75) is 33.7 Å². The highest BCUT2D eigenvalue weighted by molar-refractivity contribution is 5.79. The molecule has 0 aliphatic carbocycles. The summed E-state index contributed by atoms with van der Waals surface area (Å²) in [4.78, 5) is 0. The molecule has 1 heterocycles. The van der Waals surface area contributed by atoms with Crippen LogP contribution in [0.1, 0.15) is 25.1 Å². The van der Waals surface area contributed by atoms with E-state index in [1.165, 1.54) is 0 Å². The molecule has 0 saturated heterocycles. The van der Waals surface area contributed by atoms with Crippen LogP contribution in [-0.2, 0) is 13.0 Å². The topological polar surface area (TPSA) is 67.7 Å². The van der Waals surface area contributed by atoms with Crippen LogP contribution in [0.15, 0.2) is 6.20 Å². The number of hydrogen-bond acceptors (Lipinski definition) is 2. The maximum atomic E-state index is 7.22. The smallest absolute Gasteiger partial charge is 0.0951 e. The van der Waals surface area contributed by atoms with E-state index in [0.29, 0.717) is 12.3 Å². The molecule has 0 aromatic carbocycles. The largest absolute Gasteiger partial charge is 0.387 e. The second-order valence-corrected chi connectivity index (χ2v) is 4.06. The SMILES string of the molecule is Cc1nn(CC(C)C)cc1CC(=N)N. The average Bonchev–Trinajstić information content (AvgIpc) is 2.28. The zero-order valence-corrected chi connectivity index (χ0v) is 9.04. The summed E-state index contributed by atoms with van der Waals surface area (Å²) in [7, 11) is 0. The lowest BCUT2D eigenvalue weighted by molar-refractivity contribution is 0.481. The summed E-state index contributed by atoms with van der Waals surface area (Å²) >= 11 is 0. The summed E-state index contributed by atoms with van der Waals surface area (Å²) in [5, 5.41) is 11.6. The molecule has 0 spiro atoms. The molecule has 0 aliphatic heterocycles. The van der Waals surface area contributed by atoms with Gasteiger partial charge in [-0.15, -0.1) is 0 Å². The molecule has 0 bridgehead atoms.